The van der Waals surface area contributed by atoms with Crippen LogP contribution in [0.1, 0.15) is 23.4 Å². The van der Waals surface area contributed by atoms with Gasteiger partial charge in [0.05, 0.1) is 17.0 Å². The van der Waals surface area contributed by atoms with Gasteiger partial charge in [0.15, 0.2) is 5.76 Å². The van der Waals surface area contributed by atoms with Crippen LogP contribution in [-0.4, -0.2) is 52.1 Å². The van der Waals surface area contributed by atoms with Gasteiger partial charge in [0.1, 0.15) is 0 Å². The number of aliphatic carboxylic acids is 2. The van der Waals surface area contributed by atoms with Gasteiger partial charge in [-0.25, -0.2) is 9.59 Å². The van der Waals surface area contributed by atoms with E-state index in [2.05, 4.69) is 5.32 Å². The van der Waals surface area contributed by atoms with Crippen LogP contribution in [0.5, 0.6) is 0 Å². The summed E-state index contributed by atoms with van der Waals surface area (Å²) in [4.78, 5) is 32.2. The molecule has 1 fully saturated rings. The van der Waals surface area contributed by atoms with Crippen molar-refractivity contribution in [1.82, 2.24) is 4.90 Å². The highest BCUT2D eigenvalue weighted by atomic mass is 35.5. The summed E-state index contributed by atoms with van der Waals surface area (Å²) in [5, 5.41) is 19.0. The van der Waals surface area contributed by atoms with Crippen molar-refractivity contribution in [3.05, 3.63) is 53.4 Å². The van der Waals surface area contributed by atoms with Crippen molar-refractivity contribution in [2.24, 2.45) is 0 Å². The topological polar surface area (TPSA) is 120 Å². The number of piperidine rings is 1. The van der Waals surface area contributed by atoms with Crippen LogP contribution in [0.4, 0.5) is 5.69 Å². The molecule has 0 atom stereocenters. The van der Waals surface area contributed by atoms with E-state index in [1.165, 1.54) is 6.26 Å². The van der Waals surface area contributed by atoms with Crippen LogP contribution >= 0.6 is 11.6 Å². The molecule has 2 heterocycles. The molecule has 0 bridgehead atoms. The predicted molar refractivity (Wildman–Crippen MR) is 98.0 cm³/mol. The number of para-hydroxylation sites is 1. The van der Waals surface area contributed by atoms with E-state index >= 15 is 0 Å². The summed E-state index contributed by atoms with van der Waals surface area (Å²) in [6, 6.07) is 11.5. The number of carbonyl (C=O) groups is 3. The highest BCUT2D eigenvalue weighted by Gasteiger charge is 2.25. The number of halogens is 1. The van der Waals surface area contributed by atoms with Crippen LogP contribution in [0.2, 0.25) is 5.02 Å². The third-order valence-corrected chi connectivity index (χ3v) is 4.26. The smallest absolute Gasteiger partial charge is 0.414 e. The zero-order chi connectivity index (χ0) is 19.8. The number of carboxylic acids is 2. The predicted octanol–water partition coefficient (Wildman–Crippen LogP) is 2.81. The molecule has 8 nitrogen and oxygen atoms in total. The number of carbonyl (C=O) groups excluding carboxylic acids is 1. The van der Waals surface area contributed by atoms with Gasteiger partial charge in [0.2, 0.25) is 0 Å². The van der Waals surface area contributed by atoms with Gasteiger partial charge in [-0.2, -0.15) is 0 Å². The first-order valence-corrected chi connectivity index (χ1v) is 8.56. The minimum Gasteiger partial charge on any atom is -0.473 e. The number of hydrogen-bond donors (Lipinski definition) is 3. The zero-order valence-electron chi connectivity index (χ0n) is 14.3. The van der Waals surface area contributed by atoms with Crippen molar-refractivity contribution in [1.29, 1.82) is 0 Å². The molecule has 27 heavy (non-hydrogen) atoms. The summed E-state index contributed by atoms with van der Waals surface area (Å²) in [6.07, 6.45) is 3.33. The maximum atomic E-state index is 12.2. The largest absolute Gasteiger partial charge is 0.473 e. The Labute approximate surface area is 160 Å². The van der Waals surface area contributed by atoms with Crippen LogP contribution in [0, 0.1) is 0 Å². The minimum absolute atomic E-state index is 0.0313. The van der Waals surface area contributed by atoms with E-state index in [4.69, 9.17) is 35.8 Å². The number of amides is 1. The van der Waals surface area contributed by atoms with Gasteiger partial charge in [0.25, 0.3) is 5.91 Å². The second-order valence-electron chi connectivity index (χ2n) is 5.78. The molecule has 0 radical (unpaired) electrons. The summed E-state index contributed by atoms with van der Waals surface area (Å²) in [5.74, 6) is -3.27. The summed E-state index contributed by atoms with van der Waals surface area (Å²) < 4.78 is 5.16. The Balaban J connectivity index is 0.000000380. The standard InChI is InChI=1S/C16H17ClN2O2.C2H2O4/c17-13-4-1-2-5-14(13)18-12-7-9-19(10-8-12)16(20)15-6-3-11-21-15;3-1(4)2(5)6/h1-6,11-12,18H,7-10H2;(H,3,4)(H,5,6). The van der Waals surface area contributed by atoms with Crippen LogP contribution in [-0.2, 0) is 9.59 Å². The number of nitrogens with one attached hydrogen (secondary N) is 1. The quantitative estimate of drug-likeness (QED) is 0.684. The molecule has 0 saturated carbocycles. The van der Waals surface area contributed by atoms with Gasteiger partial charge in [-0.05, 0) is 37.1 Å². The van der Waals surface area contributed by atoms with Gasteiger partial charge in [-0.15, -0.1) is 0 Å². The molecule has 1 amide bonds. The van der Waals surface area contributed by atoms with E-state index in [1.807, 2.05) is 29.2 Å². The van der Waals surface area contributed by atoms with Crippen molar-refractivity contribution in [2.75, 3.05) is 18.4 Å². The number of carboxylic acid groups (broad SMARTS) is 2. The van der Waals surface area contributed by atoms with Crippen LogP contribution in [0.25, 0.3) is 0 Å². The third kappa shape index (κ3) is 6.03. The first kappa shape index (κ1) is 20.3. The van der Waals surface area contributed by atoms with Gasteiger partial charge in [-0.3, -0.25) is 4.79 Å². The minimum atomic E-state index is -1.82. The first-order chi connectivity index (χ1) is 12.9. The zero-order valence-corrected chi connectivity index (χ0v) is 15.1. The molecular weight excluding hydrogens is 376 g/mol. The molecular formula is C18H19ClN2O6. The molecule has 0 unspecified atom stereocenters. The lowest BCUT2D eigenvalue weighted by atomic mass is 10.0. The Morgan fingerprint density at radius 1 is 1.04 bits per heavy atom. The van der Waals surface area contributed by atoms with Gasteiger partial charge >= 0.3 is 11.9 Å². The van der Waals surface area contributed by atoms with Crippen molar-refractivity contribution in [3.63, 3.8) is 0 Å². The number of rotatable bonds is 3. The Kier molecular flexibility index (Phi) is 7.25. The molecule has 2 aromatic rings. The third-order valence-electron chi connectivity index (χ3n) is 3.93. The second-order valence-corrected chi connectivity index (χ2v) is 6.19. The molecule has 3 rings (SSSR count). The maximum Gasteiger partial charge on any atom is 0.414 e. The van der Waals surface area contributed by atoms with E-state index < -0.39 is 11.9 Å². The fourth-order valence-corrected chi connectivity index (χ4v) is 2.77. The second kappa shape index (κ2) is 9.63. The summed E-state index contributed by atoms with van der Waals surface area (Å²) in [7, 11) is 0. The maximum absolute atomic E-state index is 12.2. The fourth-order valence-electron chi connectivity index (χ4n) is 2.58. The Morgan fingerprint density at radius 3 is 2.19 bits per heavy atom. The van der Waals surface area contributed by atoms with E-state index in [0.717, 1.165) is 36.6 Å². The number of hydrogen-bond acceptors (Lipinski definition) is 5. The Morgan fingerprint density at radius 2 is 1.67 bits per heavy atom. The van der Waals surface area contributed by atoms with Crippen LogP contribution in [0.3, 0.4) is 0 Å². The van der Waals surface area contributed by atoms with Crippen molar-refractivity contribution in [3.8, 4) is 0 Å². The average Bonchev–Trinajstić information content (AvgIpc) is 3.19. The normalized spacial score (nSPS) is 14.0. The average molecular weight is 395 g/mol. The number of likely N-dealkylation sites (tertiary alicyclic amines) is 1. The van der Waals surface area contributed by atoms with E-state index in [9.17, 15) is 4.79 Å². The van der Waals surface area contributed by atoms with Crippen molar-refractivity contribution < 1.29 is 29.0 Å². The van der Waals surface area contributed by atoms with E-state index in [-0.39, 0.29) is 5.91 Å². The fraction of sp³-hybridized carbons (Fsp3) is 0.278. The number of furan rings is 1. The molecule has 0 aliphatic carbocycles. The molecule has 1 saturated heterocycles. The van der Waals surface area contributed by atoms with Gasteiger partial charge in [0, 0.05) is 19.1 Å². The van der Waals surface area contributed by atoms with Crippen LogP contribution in [0.15, 0.2) is 47.1 Å². The lowest BCUT2D eigenvalue weighted by Crippen LogP contribution is -2.42. The SMILES string of the molecule is O=C(O)C(=O)O.O=C(c1ccco1)N1CCC(Nc2ccccc2Cl)CC1. The monoisotopic (exact) mass is 394 g/mol. The molecule has 144 valence electrons. The molecule has 0 spiro atoms. The number of anilines is 1. The van der Waals surface area contributed by atoms with Gasteiger partial charge in [-0.1, -0.05) is 23.7 Å². The lowest BCUT2D eigenvalue weighted by molar-refractivity contribution is -0.159. The molecule has 1 aliphatic rings. The Bertz CT molecular complexity index is 773. The Hall–Kier alpha value is -3.00. The summed E-state index contributed by atoms with van der Waals surface area (Å²) in [5.41, 5.74) is 0.954. The molecule has 1 aromatic heterocycles. The molecule has 9 heteroatoms. The molecule has 1 aromatic carbocycles. The number of nitrogens with zero attached hydrogens (tertiary/aromatic N) is 1. The highest BCUT2D eigenvalue weighted by molar-refractivity contribution is 6.33. The van der Waals surface area contributed by atoms with Crippen LogP contribution < -0.4 is 5.32 Å². The van der Waals surface area contributed by atoms with E-state index in [0.29, 0.717) is 11.8 Å². The number of benzene rings is 1. The first-order valence-electron chi connectivity index (χ1n) is 8.18. The van der Waals surface area contributed by atoms with Crippen molar-refractivity contribution >= 4 is 35.1 Å². The van der Waals surface area contributed by atoms with E-state index in [1.54, 1.807) is 12.1 Å². The summed E-state index contributed by atoms with van der Waals surface area (Å²) >= 11 is 6.15. The molecule has 1 aliphatic heterocycles. The van der Waals surface area contributed by atoms with Gasteiger partial charge < -0.3 is 24.8 Å². The summed E-state index contributed by atoms with van der Waals surface area (Å²) in [6.45, 7) is 1.45. The van der Waals surface area contributed by atoms with Crippen molar-refractivity contribution in [2.45, 2.75) is 18.9 Å². The molecule has 3 N–H and O–H groups in total. The lowest BCUT2D eigenvalue weighted by Gasteiger charge is -2.32. The highest BCUT2D eigenvalue weighted by Crippen LogP contribution is 2.24.